The molecule has 2 aliphatic rings. The number of carbonyl (C=O) groups excluding carboxylic acids is 3. The zero-order valence-electron chi connectivity index (χ0n) is 19.5. The fourth-order valence-corrected chi connectivity index (χ4v) is 4.13. The van der Waals surface area contributed by atoms with Crippen LogP contribution in [0.1, 0.15) is 24.2 Å². The third-order valence-electron chi connectivity index (χ3n) is 6.10. The summed E-state index contributed by atoms with van der Waals surface area (Å²) in [5, 5.41) is 2.48. The molecule has 0 aromatic heterocycles. The topological polar surface area (TPSA) is 88.2 Å². The lowest BCUT2D eigenvalue weighted by Crippen LogP contribution is -2.59. The number of hydrogen-bond donors (Lipinski definition) is 1. The van der Waals surface area contributed by atoms with Crippen LogP contribution in [0.5, 0.6) is 11.5 Å². The van der Waals surface area contributed by atoms with Crippen LogP contribution in [0.3, 0.4) is 0 Å². The summed E-state index contributed by atoms with van der Waals surface area (Å²) in [6, 6.07) is 9.28. The fraction of sp³-hybridized carbons (Fsp3) is 0.400. The van der Waals surface area contributed by atoms with Crippen LogP contribution < -0.4 is 14.8 Å². The molecule has 0 unspecified atom stereocenters. The lowest BCUT2D eigenvalue weighted by atomic mass is 10.0. The number of carbonyl (C=O) groups is 3. The van der Waals surface area contributed by atoms with Crippen molar-refractivity contribution in [2.45, 2.75) is 26.0 Å². The van der Waals surface area contributed by atoms with Gasteiger partial charge in [-0.15, -0.1) is 0 Å². The molecule has 35 heavy (non-hydrogen) atoms. The number of nitrogens with one attached hydrogen (secondary N) is 1. The van der Waals surface area contributed by atoms with Gasteiger partial charge in [-0.05, 0) is 30.2 Å². The van der Waals surface area contributed by atoms with Gasteiger partial charge in [0.05, 0.1) is 0 Å². The SMILES string of the molecule is CC(C)[C@H](NC(=O)c1c(F)cccc1F)C(=O)N1CCN(C(=O)[C@@H]2COc3ccccc3O2)CC1. The summed E-state index contributed by atoms with van der Waals surface area (Å²) in [7, 11) is 0. The van der Waals surface area contributed by atoms with Gasteiger partial charge in [0, 0.05) is 26.2 Å². The summed E-state index contributed by atoms with van der Waals surface area (Å²) >= 11 is 0. The van der Waals surface area contributed by atoms with Gasteiger partial charge in [-0.1, -0.05) is 32.0 Å². The van der Waals surface area contributed by atoms with E-state index in [4.69, 9.17) is 9.47 Å². The Labute approximate surface area is 201 Å². The molecule has 2 aliphatic heterocycles. The number of nitrogens with zero attached hydrogens (tertiary/aromatic N) is 2. The van der Waals surface area contributed by atoms with E-state index in [0.29, 0.717) is 11.5 Å². The number of rotatable bonds is 5. The van der Waals surface area contributed by atoms with E-state index < -0.39 is 35.3 Å². The van der Waals surface area contributed by atoms with Gasteiger partial charge in [0.15, 0.2) is 11.5 Å². The average Bonchev–Trinajstić information content (AvgIpc) is 2.86. The number of fused-ring (bicyclic) bond motifs is 1. The van der Waals surface area contributed by atoms with E-state index in [1.54, 1.807) is 41.8 Å². The van der Waals surface area contributed by atoms with Crippen molar-refractivity contribution in [3.05, 3.63) is 59.7 Å². The van der Waals surface area contributed by atoms with Crippen LogP contribution >= 0.6 is 0 Å². The second kappa shape index (κ2) is 10.3. The van der Waals surface area contributed by atoms with Crippen molar-refractivity contribution in [3.63, 3.8) is 0 Å². The predicted octanol–water partition coefficient (Wildman–Crippen LogP) is 2.23. The molecule has 0 spiro atoms. The van der Waals surface area contributed by atoms with Gasteiger partial charge in [-0.3, -0.25) is 14.4 Å². The van der Waals surface area contributed by atoms with Crippen LogP contribution in [0.2, 0.25) is 0 Å². The van der Waals surface area contributed by atoms with Crippen molar-refractivity contribution in [2.24, 2.45) is 5.92 Å². The summed E-state index contributed by atoms with van der Waals surface area (Å²) in [5.41, 5.74) is -0.724. The summed E-state index contributed by atoms with van der Waals surface area (Å²) in [6.07, 6.45) is -0.773. The summed E-state index contributed by atoms with van der Waals surface area (Å²) in [6.45, 7) is 4.64. The minimum atomic E-state index is -0.999. The highest BCUT2D eigenvalue weighted by atomic mass is 19.1. The highest BCUT2D eigenvalue weighted by molar-refractivity contribution is 5.98. The van der Waals surface area contributed by atoms with E-state index in [1.807, 2.05) is 6.07 Å². The van der Waals surface area contributed by atoms with Crippen molar-refractivity contribution in [2.75, 3.05) is 32.8 Å². The molecule has 0 saturated carbocycles. The molecular formula is C25H27F2N3O5. The summed E-state index contributed by atoms with van der Waals surface area (Å²) in [5.74, 6) is -2.82. The maximum absolute atomic E-state index is 14.0. The molecule has 2 heterocycles. The van der Waals surface area contributed by atoms with Crippen LogP contribution in [-0.4, -0.2) is 72.5 Å². The van der Waals surface area contributed by atoms with Crippen molar-refractivity contribution in [1.82, 2.24) is 15.1 Å². The van der Waals surface area contributed by atoms with E-state index >= 15 is 0 Å². The minimum Gasteiger partial charge on any atom is -0.485 e. The van der Waals surface area contributed by atoms with Crippen LogP contribution in [0.25, 0.3) is 0 Å². The number of hydrogen-bond acceptors (Lipinski definition) is 5. The molecule has 186 valence electrons. The van der Waals surface area contributed by atoms with E-state index in [1.165, 1.54) is 0 Å². The maximum atomic E-state index is 14.0. The van der Waals surface area contributed by atoms with Gasteiger partial charge in [0.2, 0.25) is 12.0 Å². The number of benzene rings is 2. The first-order valence-corrected chi connectivity index (χ1v) is 11.5. The van der Waals surface area contributed by atoms with Crippen molar-refractivity contribution >= 4 is 17.7 Å². The lowest BCUT2D eigenvalue weighted by Gasteiger charge is -2.38. The van der Waals surface area contributed by atoms with Crippen molar-refractivity contribution < 1.29 is 32.6 Å². The molecule has 3 amide bonds. The van der Waals surface area contributed by atoms with Gasteiger partial charge >= 0.3 is 0 Å². The molecule has 0 radical (unpaired) electrons. The normalized spacial score (nSPS) is 18.3. The number of piperazine rings is 1. The molecule has 8 nitrogen and oxygen atoms in total. The Morgan fingerprint density at radius 2 is 1.51 bits per heavy atom. The minimum absolute atomic E-state index is 0.100. The monoisotopic (exact) mass is 487 g/mol. The number of halogens is 2. The van der Waals surface area contributed by atoms with Gasteiger partial charge in [0.1, 0.15) is 29.8 Å². The quantitative estimate of drug-likeness (QED) is 0.699. The standard InChI is InChI=1S/C25H27F2N3O5/c1-15(2)22(28-23(31)21-16(26)6-5-7-17(21)27)25(33)30-12-10-29(11-13-30)24(32)20-14-34-18-8-3-4-9-19(18)35-20/h3-9,15,20,22H,10-14H2,1-2H3,(H,28,31)/t20-,22-/m0/s1. The molecule has 1 fully saturated rings. The van der Waals surface area contributed by atoms with Crippen LogP contribution in [0, 0.1) is 17.6 Å². The predicted molar refractivity (Wildman–Crippen MR) is 122 cm³/mol. The smallest absolute Gasteiger partial charge is 0.267 e. The first kappa shape index (κ1) is 24.4. The van der Waals surface area contributed by atoms with Gasteiger partial charge in [-0.2, -0.15) is 0 Å². The zero-order chi connectivity index (χ0) is 25.1. The third kappa shape index (κ3) is 5.21. The van der Waals surface area contributed by atoms with Crippen LogP contribution in [-0.2, 0) is 9.59 Å². The molecule has 0 aliphatic carbocycles. The number of ether oxygens (including phenoxy) is 2. The molecular weight excluding hydrogens is 460 g/mol. The second-order valence-corrected chi connectivity index (χ2v) is 8.81. The zero-order valence-corrected chi connectivity index (χ0v) is 19.5. The Balaban J connectivity index is 1.35. The molecule has 2 aromatic rings. The molecule has 2 atom stereocenters. The third-order valence-corrected chi connectivity index (χ3v) is 6.10. The Morgan fingerprint density at radius 1 is 0.914 bits per heavy atom. The molecule has 2 aromatic carbocycles. The Bertz CT molecular complexity index is 1100. The Morgan fingerprint density at radius 3 is 2.14 bits per heavy atom. The average molecular weight is 488 g/mol. The molecule has 0 bridgehead atoms. The highest BCUT2D eigenvalue weighted by Gasteiger charge is 2.36. The fourth-order valence-electron chi connectivity index (χ4n) is 4.13. The lowest BCUT2D eigenvalue weighted by molar-refractivity contribution is -0.147. The van der Waals surface area contributed by atoms with Gasteiger partial charge < -0.3 is 24.6 Å². The first-order chi connectivity index (χ1) is 16.8. The van der Waals surface area contributed by atoms with Gasteiger partial charge in [-0.25, -0.2) is 8.78 Å². The molecule has 1 N–H and O–H groups in total. The number of amides is 3. The maximum Gasteiger partial charge on any atom is 0.267 e. The summed E-state index contributed by atoms with van der Waals surface area (Å²) in [4.78, 5) is 41.8. The van der Waals surface area contributed by atoms with E-state index in [9.17, 15) is 23.2 Å². The Hall–Kier alpha value is -3.69. The first-order valence-electron chi connectivity index (χ1n) is 11.5. The van der Waals surface area contributed by atoms with Crippen LogP contribution in [0.4, 0.5) is 8.78 Å². The van der Waals surface area contributed by atoms with Gasteiger partial charge in [0.25, 0.3) is 11.8 Å². The van der Waals surface area contributed by atoms with Crippen molar-refractivity contribution in [3.8, 4) is 11.5 Å². The van der Waals surface area contributed by atoms with Crippen LogP contribution in [0.15, 0.2) is 42.5 Å². The van der Waals surface area contributed by atoms with E-state index in [2.05, 4.69) is 5.32 Å². The molecule has 4 rings (SSSR count). The molecule has 1 saturated heterocycles. The van der Waals surface area contributed by atoms with E-state index in [0.717, 1.165) is 18.2 Å². The van der Waals surface area contributed by atoms with E-state index in [-0.39, 0.29) is 50.5 Å². The molecule has 10 heteroatoms. The van der Waals surface area contributed by atoms with Crippen molar-refractivity contribution in [1.29, 1.82) is 0 Å². The second-order valence-electron chi connectivity index (χ2n) is 8.81. The number of para-hydroxylation sites is 2. The highest BCUT2D eigenvalue weighted by Crippen LogP contribution is 2.31. The largest absolute Gasteiger partial charge is 0.485 e. The Kier molecular flexibility index (Phi) is 7.18. The summed E-state index contributed by atoms with van der Waals surface area (Å²) < 4.78 is 39.4.